The fourth-order valence-corrected chi connectivity index (χ4v) is 2.37. The molecule has 0 amide bonds. The van der Waals surface area contributed by atoms with Crippen molar-refractivity contribution in [2.75, 3.05) is 0 Å². The van der Waals surface area contributed by atoms with Crippen LogP contribution < -0.4 is 4.74 Å². The average Bonchev–Trinajstić information content (AvgIpc) is 2.33. The summed E-state index contributed by atoms with van der Waals surface area (Å²) in [4.78, 5) is 14.8. The predicted molar refractivity (Wildman–Crippen MR) is 71.5 cm³/mol. The van der Waals surface area contributed by atoms with Crippen LogP contribution in [-0.2, 0) is 0 Å². The smallest absolute Gasteiger partial charge is 0.229 e. The molecule has 0 N–H and O–H groups in total. The van der Waals surface area contributed by atoms with Crippen LogP contribution in [0.4, 0.5) is 0 Å². The first-order valence-electron chi connectivity index (χ1n) is 4.74. The highest BCUT2D eigenvalue weighted by molar-refractivity contribution is 9.11. The molecule has 1 heterocycles. The lowest BCUT2D eigenvalue weighted by Gasteiger charge is -2.08. The quantitative estimate of drug-likeness (QED) is 0.773. The third kappa shape index (κ3) is 2.92. The van der Waals surface area contributed by atoms with E-state index in [1.807, 2.05) is 12.1 Å². The zero-order chi connectivity index (χ0) is 12.3. The summed E-state index contributed by atoms with van der Waals surface area (Å²) in [7, 11) is 0. The van der Waals surface area contributed by atoms with Crippen molar-refractivity contribution in [2.24, 2.45) is 0 Å². The Morgan fingerprint density at radius 3 is 2.76 bits per heavy atom. The molecule has 0 spiro atoms. The van der Waals surface area contributed by atoms with Crippen molar-refractivity contribution in [1.82, 2.24) is 4.98 Å². The molecule has 5 heteroatoms. The first-order valence-corrected chi connectivity index (χ1v) is 6.32. The Hall–Kier alpha value is -1.20. The van der Waals surface area contributed by atoms with Crippen molar-refractivity contribution in [3.05, 3.63) is 51.0 Å². The molecular weight excluding hydrogens is 350 g/mol. The van der Waals surface area contributed by atoms with Gasteiger partial charge in [-0.1, -0.05) is 15.9 Å². The highest BCUT2D eigenvalue weighted by Gasteiger charge is 2.07. The highest BCUT2D eigenvalue weighted by Crippen LogP contribution is 2.31. The molecule has 0 radical (unpaired) electrons. The van der Waals surface area contributed by atoms with Gasteiger partial charge in [-0.15, -0.1) is 0 Å². The van der Waals surface area contributed by atoms with E-state index in [2.05, 4.69) is 36.8 Å². The summed E-state index contributed by atoms with van der Waals surface area (Å²) in [6.45, 7) is 0. The number of rotatable bonds is 3. The summed E-state index contributed by atoms with van der Waals surface area (Å²) in [5.41, 5.74) is 0.419. The first-order chi connectivity index (χ1) is 8.20. The Kier molecular flexibility index (Phi) is 3.91. The van der Waals surface area contributed by atoms with Gasteiger partial charge in [0.05, 0.1) is 10.0 Å². The predicted octanol–water partition coefficient (Wildman–Crippen LogP) is 4.21. The van der Waals surface area contributed by atoms with Gasteiger partial charge in [-0.2, -0.15) is 0 Å². The fourth-order valence-electron chi connectivity index (χ4n) is 1.24. The van der Waals surface area contributed by atoms with Gasteiger partial charge in [0.15, 0.2) is 6.29 Å². The van der Waals surface area contributed by atoms with Crippen molar-refractivity contribution in [3.63, 3.8) is 0 Å². The minimum atomic E-state index is 0.297. The van der Waals surface area contributed by atoms with Crippen molar-refractivity contribution < 1.29 is 9.53 Å². The van der Waals surface area contributed by atoms with Crippen molar-refractivity contribution in [2.45, 2.75) is 0 Å². The number of carbonyl (C=O) groups is 1. The largest absolute Gasteiger partial charge is 0.437 e. The number of ether oxygens (including phenoxy) is 1. The second kappa shape index (κ2) is 5.42. The SMILES string of the molecule is O=Cc1cccnc1Oc1ccc(Br)cc1Br. The Balaban J connectivity index is 2.34. The van der Waals surface area contributed by atoms with Crippen LogP contribution in [0.2, 0.25) is 0 Å². The van der Waals surface area contributed by atoms with Crippen molar-refractivity contribution in [1.29, 1.82) is 0 Å². The minimum Gasteiger partial charge on any atom is -0.437 e. The summed E-state index contributed by atoms with van der Waals surface area (Å²) < 4.78 is 7.30. The second-order valence-electron chi connectivity index (χ2n) is 3.19. The lowest BCUT2D eigenvalue weighted by molar-refractivity contribution is 0.112. The van der Waals surface area contributed by atoms with E-state index in [-0.39, 0.29) is 0 Å². The Labute approximate surface area is 115 Å². The van der Waals surface area contributed by atoms with Crippen molar-refractivity contribution >= 4 is 38.1 Å². The van der Waals surface area contributed by atoms with Gasteiger partial charge < -0.3 is 4.74 Å². The fraction of sp³-hybridized carbons (Fsp3) is 0. The molecule has 3 nitrogen and oxygen atoms in total. The van der Waals surface area contributed by atoms with Crippen LogP contribution in [0.3, 0.4) is 0 Å². The minimum absolute atomic E-state index is 0.297. The Bertz CT molecular complexity index is 558. The van der Waals surface area contributed by atoms with Gasteiger partial charge in [-0.3, -0.25) is 4.79 Å². The van der Waals surface area contributed by atoms with E-state index in [0.29, 0.717) is 17.2 Å². The topological polar surface area (TPSA) is 39.2 Å². The van der Waals surface area contributed by atoms with Crippen LogP contribution in [0.15, 0.2) is 45.5 Å². The molecule has 17 heavy (non-hydrogen) atoms. The number of halogens is 2. The van der Waals surface area contributed by atoms with Crippen LogP contribution >= 0.6 is 31.9 Å². The molecule has 0 unspecified atom stereocenters. The molecule has 1 aromatic heterocycles. The summed E-state index contributed by atoms with van der Waals surface area (Å²) in [5.74, 6) is 0.903. The van der Waals surface area contributed by atoms with Crippen LogP contribution in [0.25, 0.3) is 0 Å². The molecule has 0 bridgehead atoms. The molecule has 86 valence electrons. The van der Waals surface area contributed by atoms with E-state index >= 15 is 0 Å². The van der Waals surface area contributed by atoms with Crippen LogP contribution in [-0.4, -0.2) is 11.3 Å². The van der Waals surface area contributed by atoms with E-state index in [4.69, 9.17) is 4.74 Å². The summed E-state index contributed by atoms with van der Waals surface area (Å²) in [6, 6.07) is 8.84. The maximum absolute atomic E-state index is 10.8. The van der Waals surface area contributed by atoms with Gasteiger partial charge in [0, 0.05) is 10.7 Å². The number of carbonyl (C=O) groups excluding carboxylic acids is 1. The monoisotopic (exact) mass is 355 g/mol. The molecule has 0 atom stereocenters. The van der Waals surface area contributed by atoms with Crippen LogP contribution in [0.5, 0.6) is 11.6 Å². The second-order valence-corrected chi connectivity index (χ2v) is 4.96. The summed E-state index contributed by atoms with van der Waals surface area (Å²) in [5, 5.41) is 0. The molecule has 2 rings (SSSR count). The molecular formula is C12H7Br2NO2. The summed E-state index contributed by atoms with van der Waals surface area (Å²) >= 11 is 6.73. The number of pyridine rings is 1. The number of benzene rings is 1. The van der Waals surface area contributed by atoms with Gasteiger partial charge in [0.25, 0.3) is 0 Å². The van der Waals surface area contributed by atoms with Gasteiger partial charge >= 0.3 is 0 Å². The van der Waals surface area contributed by atoms with Crippen LogP contribution in [0, 0.1) is 0 Å². The Morgan fingerprint density at radius 1 is 1.24 bits per heavy atom. The Morgan fingerprint density at radius 2 is 2.06 bits per heavy atom. The van der Waals surface area contributed by atoms with E-state index in [0.717, 1.165) is 15.2 Å². The lowest BCUT2D eigenvalue weighted by Crippen LogP contribution is -1.93. The maximum Gasteiger partial charge on any atom is 0.229 e. The zero-order valence-electron chi connectivity index (χ0n) is 8.56. The average molecular weight is 357 g/mol. The highest BCUT2D eigenvalue weighted by atomic mass is 79.9. The lowest BCUT2D eigenvalue weighted by atomic mass is 10.3. The number of hydrogen-bond acceptors (Lipinski definition) is 3. The molecule has 0 aliphatic heterocycles. The van der Waals surface area contributed by atoms with E-state index in [1.54, 1.807) is 24.4 Å². The molecule has 0 fully saturated rings. The first kappa shape index (κ1) is 12.3. The van der Waals surface area contributed by atoms with Crippen LogP contribution in [0.1, 0.15) is 10.4 Å². The standard InChI is InChI=1S/C12H7Br2NO2/c13-9-3-4-11(10(14)6-9)17-12-8(7-16)2-1-5-15-12/h1-7H. The molecule has 0 saturated carbocycles. The number of hydrogen-bond donors (Lipinski definition) is 0. The molecule has 1 aromatic carbocycles. The number of aldehydes is 1. The van der Waals surface area contributed by atoms with Gasteiger partial charge in [0.1, 0.15) is 5.75 Å². The molecule has 0 saturated heterocycles. The molecule has 2 aromatic rings. The third-order valence-electron chi connectivity index (χ3n) is 2.03. The number of nitrogens with zero attached hydrogens (tertiary/aromatic N) is 1. The molecule has 0 aliphatic rings. The third-order valence-corrected chi connectivity index (χ3v) is 3.14. The normalized spacial score (nSPS) is 10.0. The van der Waals surface area contributed by atoms with Gasteiger partial charge in [-0.25, -0.2) is 4.98 Å². The van der Waals surface area contributed by atoms with Crippen molar-refractivity contribution in [3.8, 4) is 11.6 Å². The van der Waals surface area contributed by atoms with E-state index in [1.165, 1.54) is 0 Å². The zero-order valence-corrected chi connectivity index (χ0v) is 11.7. The number of aromatic nitrogens is 1. The van der Waals surface area contributed by atoms with E-state index in [9.17, 15) is 4.79 Å². The molecule has 0 aliphatic carbocycles. The van der Waals surface area contributed by atoms with E-state index < -0.39 is 0 Å². The van der Waals surface area contributed by atoms with Gasteiger partial charge in [-0.05, 0) is 46.3 Å². The van der Waals surface area contributed by atoms with Gasteiger partial charge in [0.2, 0.25) is 5.88 Å². The maximum atomic E-state index is 10.8. The summed E-state index contributed by atoms with van der Waals surface area (Å²) in [6.07, 6.45) is 2.30.